The molecule has 0 aromatic heterocycles. The van der Waals surface area contributed by atoms with Gasteiger partial charge in [0, 0.05) is 24.3 Å². The summed E-state index contributed by atoms with van der Waals surface area (Å²) in [5, 5.41) is 0. The number of carbonyl (C=O) groups excluding carboxylic acids is 2. The SMILES string of the molecule is Cc1ccccc1N1CCN(C(=O)c2cccc(F)c2)[C@@H](C)C1=O. The predicted octanol–water partition coefficient (Wildman–Crippen LogP) is 3.01. The number of hydrogen-bond donors (Lipinski definition) is 0. The second kappa shape index (κ2) is 6.43. The molecule has 1 atom stereocenters. The molecule has 2 amide bonds. The molecule has 0 aliphatic carbocycles. The predicted molar refractivity (Wildman–Crippen MR) is 90.4 cm³/mol. The lowest BCUT2D eigenvalue weighted by atomic mass is 10.1. The molecule has 0 N–H and O–H groups in total. The highest BCUT2D eigenvalue weighted by atomic mass is 19.1. The molecule has 5 heteroatoms. The van der Waals surface area contributed by atoms with E-state index < -0.39 is 11.9 Å². The van der Waals surface area contributed by atoms with Crippen molar-refractivity contribution in [3.63, 3.8) is 0 Å². The third-order valence-electron chi connectivity index (χ3n) is 4.39. The molecule has 3 rings (SSSR count). The van der Waals surface area contributed by atoms with Gasteiger partial charge in [0.1, 0.15) is 11.9 Å². The van der Waals surface area contributed by atoms with E-state index in [9.17, 15) is 14.0 Å². The molecule has 124 valence electrons. The number of anilines is 1. The van der Waals surface area contributed by atoms with E-state index in [0.29, 0.717) is 13.1 Å². The topological polar surface area (TPSA) is 40.6 Å². The number of rotatable bonds is 2. The van der Waals surface area contributed by atoms with E-state index in [1.54, 1.807) is 17.9 Å². The molecule has 0 radical (unpaired) electrons. The molecule has 1 saturated heterocycles. The van der Waals surface area contributed by atoms with Crippen LogP contribution in [-0.2, 0) is 4.79 Å². The first-order chi connectivity index (χ1) is 11.5. The average molecular weight is 326 g/mol. The third kappa shape index (κ3) is 2.89. The maximum Gasteiger partial charge on any atom is 0.254 e. The minimum Gasteiger partial charge on any atom is -0.325 e. The first-order valence-corrected chi connectivity index (χ1v) is 7.92. The van der Waals surface area contributed by atoms with Crippen LogP contribution in [0.4, 0.5) is 10.1 Å². The smallest absolute Gasteiger partial charge is 0.254 e. The number of carbonyl (C=O) groups is 2. The number of amides is 2. The van der Waals surface area contributed by atoms with Gasteiger partial charge in [-0.1, -0.05) is 24.3 Å². The number of halogens is 1. The molecule has 2 aromatic carbocycles. The summed E-state index contributed by atoms with van der Waals surface area (Å²) in [6.07, 6.45) is 0. The van der Waals surface area contributed by atoms with Gasteiger partial charge < -0.3 is 9.80 Å². The maximum absolute atomic E-state index is 13.4. The lowest BCUT2D eigenvalue weighted by Crippen LogP contribution is -2.57. The van der Waals surface area contributed by atoms with Crippen molar-refractivity contribution in [1.82, 2.24) is 4.90 Å². The first-order valence-electron chi connectivity index (χ1n) is 7.92. The van der Waals surface area contributed by atoms with E-state index >= 15 is 0 Å². The van der Waals surface area contributed by atoms with Crippen LogP contribution in [0.2, 0.25) is 0 Å². The Balaban J connectivity index is 1.83. The van der Waals surface area contributed by atoms with Crippen molar-refractivity contribution >= 4 is 17.5 Å². The van der Waals surface area contributed by atoms with Crippen molar-refractivity contribution in [3.05, 3.63) is 65.5 Å². The highest BCUT2D eigenvalue weighted by molar-refractivity contribution is 6.03. The fourth-order valence-corrected chi connectivity index (χ4v) is 3.04. The van der Waals surface area contributed by atoms with Gasteiger partial charge in [-0.2, -0.15) is 0 Å². The van der Waals surface area contributed by atoms with Gasteiger partial charge >= 0.3 is 0 Å². The fourth-order valence-electron chi connectivity index (χ4n) is 3.04. The number of benzene rings is 2. The molecule has 2 aromatic rings. The molecule has 24 heavy (non-hydrogen) atoms. The van der Waals surface area contributed by atoms with Crippen molar-refractivity contribution < 1.29 is 14.0 Å². The maximum atomic E-state index is 13.4. The van der Waals surface area contributed by atoms with E-state index in [0.717, 1.165) is 11.3 Å². The van der Waals surface area contributed by atoms with Gasteiger partial charge in [0.15, 0.2) is 0 Å². The van der Waals surface area contributed by atoms with Gasteiger partial charge in [0.25, 0.3) is 5.91 Å². The molecule has 0 bridgehead atoms. The van der Waals surface area contributed by atoms with Crippen molar-refractivity contribution in [2.24, 2.45) is 0 Å². The van der Waals surface area contributed by atoms with Gasteiger partial charge in [-0.25, -0.2) is 4.39 Å². The number of hydrogen-bond acceptors (Lipinski definition) is 2. The normalized spacial score (nSPS) is 18.0. The second-order valence-corrected chi connectivity index (χ2v) is 5.96. The Morgan fingerprint density at radius 1 is 1.12 bits per heavy atom. The molecule has 4 nitrogen and oxygen atoms in total. The molecular weight excluding hydrogens is 307 g/mol. The van der Waals surface area contributed by atoms with Gasteiger partial charge in [-0.15, -0.1) is 0 Å². The minimum absolute atomic E-state index is 0.125. The molecule has 1 aliphatic rings. The quantitative estimate of drug-likeness (QED) is 0.851. The lowest BCUT2D eigenvalue weighted by molar-refractivity contribution is -0.124. The first kappa shape index (κ1) is 16.2. The molecule has 1 fully saturated rings. The highest BCUT2D eigenvalue weighted by Gasteiger charge is 2.35. The van der Waals surface area contributed by atoms with E-state index in [1.807, 2.05) is 31.2 Å². The summed E-state index contributed by atoms with van der Waals surface area (Å²) in [5.74, 6) is -0.904. The Morgan fingerprint density at radius 3 is 2.58 bits per heavy atom. The average Bonchev–Trinajstić information content (AvgIpc) is 2.57. The second-order valence-electron chi connectivity index (χ2n) is 5.96. The van der Waals surface area contributed by atoms with E-state index in [-0.39, 0.29) is 17.4 Å². The number of para-hydroxylation sites is 1. The van der Waals surface area contributed by atoms with Crippen molar-refractivity contribution in [3.8, 4) is 0 Å². The Hall–Kier alpha value is -2.69. The summed E-state index contributed by atoms with van der Waals surface area (Å²) in [5.41, 5.74) is 2.15. The van der Waals surface area contributed by atoms with Crippen LogP contribution in [0.1, 0.15) is 22.8 Å². The van der Waals surface area contributed by atoms with Gasteiger partial charge in [0.05, 0.1) is 0 Å². The van der Waals surface area contributed by atoms with Gasteiger partial charge in [0.2, 0.25) is 5.91 Å². The third-order valence-corrected chi connectivity index (χ3v) is 4.39. The summed E-state index contributed by atoms with van der Waals surface area (Å²) in [6.45, 7) is 4.51. The van der Waals surface area contributed by atoms with Crippen LogP contribution in [0.25, 0.3) is 0 Å². The highest BCUT2D eigenvalue weighted by Crippen LogP contribution is 2.24. The number of aryl methyl sites for hydroxylation is 1. The summed E-state index contributed by atoms with van der Waals surface area (Å²) >= 11 is 0. The van der Waals surface area contributed by atoms with E-state index in [1.165, 1.54) is 23.1 Å². The lowest BCUT2D eigenvalue weighted by Gasteiger charge is -2.39. The van der Waals surface area contributed by atoms with Gasteiger partial charge in [-0.3, -0.25) is 9.59 Å². The Morgan fingerprint density at radius 2 is 1.88 bits per heavy atom. The van der Waals surface area contributed by atoms with E-state index in [2.05, 4.69) is 0 Å². The van der Waals surface area contributed by atoms with Crippen LogP contribution < -0.4 is 4.90 Å². The molecule has 0 saturated carbocycles. The zero-order valence-electron chi connectivity index (χ0n) is 13.7. The molecular formula is C19H19FN2O2. The van der Waals surface area contributed by atoms with Crippen LogP contribution in [0, 0.1) is 12.7 Å². The Kier molecular flexibility index (Phi) is 4.34. The van der Waals surface area contributed by atoms with Crippen LogP contribution in [0.3, 0.4) is 0 Å². The van der Waals surface area contributed by atoms with E-state index in [4.69, 9.17) is 0 Å². The van der Waals surface area contributed by atoms with Crippen LogP contribution in [0.5, 0.6) is 0 Å². The summed E-state index contributed by atoms with van der Waals surface area (Å²) in [4.78, 5) is 28.6. The molecule has 0 spiro atoms. The minimum atomic E-state index is -0.589. The monoisotopic (exact) mass is 326 g/mol. The van der Waals surface area contributed by atoms with Crippen LogP contribution in [0.15, 0.2) is 48.5 Å². The van der Waals surface area contributed by atoms with Crippen LogP contribution in [-0.4, -0.2) is 35.8 Å². The Labute approximate surface area is 140 Å². The van der Waals surface area contributed by atoms with Gasteiger partial charge in [-0.05, 0) is 43.7 Å². The zero-order valence-corrected chi connectivity index (χ0v) is 13.7. The molecule has 0 unspecified atom stereocenters. The van der Waals surface area contributed by atoms with Crippen LogP contribution >= 0.6 is 0 Å². The van der Waals surface area contributed by atoms with Crippen molar-refractivity contribution in [1.29, 1.82) is 0 Å². The standard InChI is InChI=1S/C19H19FN2O2/c1-13-6-3-4-9-17(13)22-11-10-21(14(2)18(22)23)19(24)15-7-5-8-16(20)12-15/h3-9,12,14H,10-11H2,1-2H3/t14-/m0/s1. The number of nitrogens with zero attached hydrogens (tertiary/aromatic N) is 2. The Bertz CT molecular complexity index is 790. The molecule has 1 heterocycles. The van der Waals surface area contributed by atoms with Crippen molar-refractivity contribution in [2.45, 2.75) is 19.9 Å². The fraction of sp³-hybridized carbons (Fsp3) is 0.263. The zero-order chi connectivity index (χ0) is 17.3. The number of piperazine rings is 1. The largest absolute Gasteiger partial charge is 0.325 e. The molecule has 1 aliphatic heterocycles. The summed E-state index contributed by atoms with van der Waals surface area (Å²) < 4.78 is 13.4. The summed E-state index contributed by atoms with van der Waals surface area (Å²) in [6, 6.07) is 12.7. The van der Waals surface area contributed by atoms with Crippen molar-refractivity contribution in [2.75, 3.05) is 18.0 Å². The summed E-state index contributed by atoms with van der Waals surface area (Å²) in [7, 11) is 0.